The molecule has 0 fully saturated rings. The van der Waals surface area contributed by atoms with Gasteiger partial charge in [0.1, 0.15) is 11.1 Å². The number of nitrogens with zero attached hydrogens (tertiary/aromatic N) is 2. The molecule has 2 aromatic rings. The number of benzene rings is 1. The lowest BCUT2D eigenvalue weighted by molar-refractivity contribution is 1.12. The Labute approximate surface area is 120 Å². The van der Waals surface area contributed by atoms with Crippen molar-refractivity contribution in [3.05, 3.63) is 51.0 Å². The van der Waals surface area contributed by atoms with Crippen LogP contribution in [0.1, 0.15) is 5.56 Å². The first-order chi connectivity index (χ1) is 8.19. The van der Waals surface area contributed by atoms with E-state index < -0.39 is 0 Å². The molecule has 0 spiro atoms. The number of hydrogen-bond acceptors (Lipinski definition) is 3. The Kier molecular flexibility index (Phi) is 4.21. The summed E-state index contributed by atoms with van der Waals surface area (Å²) in [4.78, 5) is 5.17. The maximum atomic E-state index is 9.02. The molecule has 0 amide bonds. The van der Waals surface area contributed by atoms with Crippen LogP contribution < -0.4 is 0 Å². The Bertz CT molecular complexity index is 576. The van der Waals surface area contributed by atoms with Crippen LogP contribution in [0.5, 0.6) is 0 Å². The fraction of sp³-hybridized carbons (Fsp3) is 0. The van der Waals surface area contributed by atoms with Gasteiger partial charge in [-0.05, 0) is 46.3 Å². The van der Waals surface area contributed by atoms with Crippen molar-refractivity contribution in [3.63, 3.8) is 0 Å². The zero-order valence-electron chi connectivity index (χ0n) is 8.52. The average molecular weight is 370 g/mol. The maximum absolute atomic E-state index is 9.02. The highest BCUT2D eigenvalue weighted by Gasteiger charge is 2.05. The smallest absolute Gasteiger partial charge is 0.101 e. The summed E-state index contributed by atoms with van der Waals surface area (Å²) in [7, 11) is 0. The molecular weight excluding hydrogens is 364 g/mol. The second-order valence-corrected chi connectivity index (χ2v) is 6.06. The molecule has 5 heteroatoms. The Morgan fingerprint density at radius 3 is 2.53 bits per heavy atom. The SMILES string of the molecule is N#Cc1ccc(Br)cc1Sc1ccc(Br)cn1. The molecule has 0 N–H and O–H groups in total. The number of rotatable bonds is 2. The third-order valence-corrected chi connectivity index (χ3v) is 3.95. The molecule has 0 radical (unpaired) electrons. The Balaban J connectivity index is 2.32. The van der Waals surface area contributed by atoms with Crippen molar-refractivity contribution in [1.82, 2.24) is 4.98 Å². The van der Waals surface area contributed by atoms with Gasteiger partial charge in [-0.25, -0.2) is 4.98 Å². The summed E-state index contributed by atoms with van der Waals surface area (Å²) in [5.74, 6) is 0. The Hall–Kier alpha value is -0.830. The second kappa shape index (κ2) is 5.67. The lowest BCUT2D eigenvalue weighted by Crippen LogP contribution is -1.83. The minimum absolute atomic E-state index is 0.655. The molecule has 84 valence electrons. The predicted octanol–water partition coefficient (Wildman–Crippen LogP) is 4.63. The van der Waals surface area contributed by atoms with Crippen molar-refractivity contribution < 1.29 is 0 Å². The van der Waals surface area contributed by atoms with Crippen LogP contribution in [0.2, 0.25) is 0 Å². The highest BCUT2D eigenvalue weighted by molar-refractivity contribution is 9.10. The van der Waals surface area contributed by atoms with E-state index >= 15 is 0 Å². The van der Waals surface area contributed by atoms with E-state index in [4.69, 9.17) is 5.26 Å². The van der Waals surface area contributed by atoms with Crippen LogP contribution in [-0.4, -0.2) is 4.98 Å². The van der Waals surface area contributed by atoms with Gasteiger partial charge in [0.05, 0.1) is 5.56 Å². The molecule has 0 atom stereocenters. The summed E-state index contributed by atoms with van der Waals surface area (Å²) in [6.07, 6.45) is 1.74. The quantitative estimate of drug-likeness (QED) is 0.774. The fourth-order valence-corrected chi connectivity index (χ4v) is 2.83. The maximum Gasteiger partial charge on any atom is 0.101 e. The van der Waals surface area contributed by atoms with Crippen molar-refractivity contribution >= 4 is 43.6 Å². The average Bonchev–Trinajstić information content (AvgIpc) is 2.32. The topological polar surface area (TPSA) is 36.7 Å². The molecule has 0 aliphatic heterocycles. The van der Waals surface area contributed by atoms with Gasteiger partial charge in [0.25, 0.3) is 0 Å². The molecule has 2 rings (SSSR count). The van der Waals surface area contributed by atoms with E-state index in [9.17, 15) is 0 Å². The molecule has 0 aliphatic rings. The summed E-state index contributed by atoms with van der Waals surface area (Å²) < 4.78 is 1.90. The number of aromatic nitrogens is 1. The van der Waals surface area contributed by atoms with Gasteiger partial charge in [-0.1, -0.05) is 27.7 Å². The van der Waals surface area contributed by atoms with Gasteiger partial charge < -0.3 is 0 Å². The van der Waals surface area contributed by atoms with Crippen LogP contribution in [0, 0.1) is 11.3 Å². The predicted molar refractivity (Wildman–Crippen MR) is 74.9 cm³/mol. The molecule has 17 heavy (non-hydrogen) atoms. The van der Waals surface area contributed by atoms with Crippen molar-refractivity contribution in [3.8, 4) is 6.07 Å². The zero-order chi connectivity index (χ0) is 12.3. The van der Waals surface area contributed by atoms with Gasteiger partial charge in [0.15, 0.2) is 0 Å². The molecule has 0 saturated heterocycles. The largest absolute Gasteiger partial charge is 0.248 e. The van der Waals surface area contributed by atoms with Crippen LogP contribution in [0.3, 0.4) is 0 Å². The highest BCUT2D eigenvalue weighted by atomic mass is 79.9. The van der Waals surface area contributed by atoms with E-state index in [0.717, 1.165) is 18.9 Å². The van der Waals surface area contributed by atoms with E-state index in [1.807, 2.05) is 24.3 Å². The lowest BCUT2D eigenvalue weighted by atomic mass is 10.2. The van der Waals surface area contributed by atoms with E-state index in [1.54, 1.807) is 12.3 Å². The van der Waals surface area contributed by atoms with Crippen molar-refractivity contribution in [2.45, 2.75) is 9.92 Å². The summed E-state index contributed by atoms with van der Waals surface area (Å²) in [5.41, 5.74) is 0.655. The van der Waals surface area contributed by atoms with Crippen molar-refractivity contribution in [2.24, 2.45) is 0 Å². The molecule has 0 unspecified atom stereocenters. The fourth-order valence-electron chi connectivity index (χ4n) is 1.21. The monoisotopic (exact) mass is 368 g/mol. The first-order valence-electron chi connectivity index (χ1n) is 4.68. The van der Waals surface area contributed by atoms with Crippen molar-refractivity contribution in [2.75, 3.05) is 0 Å². The molecule has 0 bridgehead atoms. The van der Waals surface area contributed by atoms with E-state index in [2.05, 4.69) is 42.9 Å². The molecule has 2 nitrogen and oxygen atoms in total. The van der Waals surface area contributed by atoms with Crippen LogP contribution in [0.4, 0.5) is 0 Å². The number of nitriles is 1. The highest BCUT2D eigenvalue weighted by Crippen LogP contribution is 2.31. The van der Waals surface area contributed by atoms with E-state index in [1.165, 1.54) is 11.8 Å². The standard InChI is InChI=1S/C12H6Br2N2S/c13-9-2-1-8(6-15)11(5-9)17-12-4-3-10(14)7-16-12/h1-5,7H. The molecule has 1 aromatic heterocycles. The molecule has 0 aliphatic carbocycles. The van der Waals surface area contributed by atoms with Gasteiger partial charge in [-0.2, -0.15) is 5.26 Å². The lowest BCUT2D eigenvalue weighted by Gasteiger charge is -2.03. The third kappa shape index (κ3) is 3.32. The summed E-state index contributed by atoms with van der Waals surface area (Å²) >= 11 is 8.22. The molecule has 0 saturated carbocycles. The number of hydrogen-bond donors (Lipinski definition) is 0. The molecule has 1 heterocycles. The van der Waals surface area contributed by atoms with Gasteiger partial charge >= 0.3 is 0 Å². The normalized spacial score (nSPS) is 9.94. The van der Waals surface area contributed by atoms with Crippen LogP contribution in [0.25, 0.3) is 0 Å². The van der Waals surface area contributed by atoms with E-state index in [-0.39, 0.29) is 0 Å². The van der Waals surface area contributed by atoms with Gasteiger partial charge in [0.2, 0.25) is 0 Å². The molecule has 1 aromatic carbocycles. The summed E-state index contributed by atoms with van der Waals surface area (Å²) in [5, 5.41) is 9.89. The van der Waals surface area contributed by atoms with E-state index in [0.29, 0.717) is 5.56 Å². The summed E-state index contributed by atoms with van der Waals surface area (Å²) in [6, 6.07) is 11.6. The van der Waals surface area contributed by atoms with Crippen LogP contribution >= 0.6 is 43.6 Å². The number of pyridine rings is 1. The third-order valence-electron chi connectivity index (χ3n) is 1.98. The minimum Gasteiger partial charge on any atom is -0.248 e. The first kappa shape index (κ1) is 12.6. The number of halogens is 2. The van der Waals surface area contributed by atoms with Crippen molar-refractivity contribution in [1.29, 1.82) is 5.26 Å². The zero-order valence-corrected chi connectivity index (χ0v) is 12.5. The van der Waals surface area contributed by atoms with Crippen LogP contribution in [0.15, 0.2) is 55.4 Å². The Morgan fingerprint density at radius 2 is 1.88 bits per heavy atom. The van der Waals surface area contributed by atoms with Gasteiger partial charge in [0, 0.05) is 20.0 Å². The van der Waals surface area contributed by atoms with Gasteiger partial charge in [-0.15, -0.1) is 0 Å². The summed E-state index contributed by atoms with van der Waals surface area (Å²) in [6.45, 7) is 0. The Morgan fingerprint density at radius 1 is 1.12 bits per heavy atom. The first-order valence-corrected chi connectivity index (χ1v) is 7.08. The molecular formula is C12H6Br2N2S. The second-order valence-electron chi connectivity index (χ2n) is 3.17. The minimum atomic E-state index is 0.655. The van der Waals surface area contributed by atoms with Gasteiger partial charge in [-0.3, -0.25) is 0 Å². The van der Waals surface area contributed by atoms with Crippen LogP contribution in [-0.2, 0) is 0 Å².